The fourth-order valence-corrected chi connectivity index (χ4v) is 4.44. The Morgan fingerprint density at radius 2 is 1.97 bits per heavy atom. The molecule has 0 radical (unpaired) electrons. The lowest BCUT2D eigenvalue weighted by molar-refractivity contribution is -0.139. The molecule has 0 saturated carbocycles. The van der Waals surface area contributed by atoms with Gasteiger partial charge >= 0.3 is 12.0 Å². The van der Waals surface area contributed by atoms with Gasteiger partial charge in [-0.15, -0.1) is 0 Å². The molecule has 1 aromatic rings. The van der Waals surface area contributed by atoms with E-state index in [0.717, 1.165) is 75.6 Å². The quantitative estimate of drug-likeness (QED) is 0.234. The summed E-state index contributed by atoms with van der Waals surface area (Å²) in [6.07, 6.45) is 6.44. The van der Waals surface area contributed by atoms with E-state index in [9.17, 15) is 19.5 Å². The van der Waals surface area contributed by atoms with Gasteiger partial charge in [-0.1, -0.05) is 32.3 Å². The summed E-state index contributed by atoms with van der Waals surface area (Å²) in [4.78, 5) is 43.0. The van der Waals surface area contributed by atoms with Gasteiger partial charge in [0.25, 0.3) is 0 Å². The molecule has 3 amide bonds. The van der Waals surface area contributed by atoms with Crippen LogP contribution in [0.2, 0.25) is 0 Å². The smallest absolute Gasteiger partial charge is 0.328 e. The lowest BCUT2D eigenvalue weighted by atomic mass is 9.95. The number of aliphatic imine (C=N–C) groups is 1. The van der Waals surface area contributed by atoms with Gasteiger partial charge in [-0.05, 0) is 43.9 Å². The molecule has 0 aliphatic carbocycles. The first kappa shape index (κ1) is 28.1. The van der Waals surface area contributed by atoms with Crippen molar-refractivity contribution in [2.24, 2.45) is 10.9 Å². The van der Waals surface area contributed by atoms with Gasteiger partial charge in [-0.2, -0.15) is 0 Å². The van der Waals surface area contributed by atoms with Gasteiger partial charge in [-0.3, -0.25) is 9.79 Å². The lowest BCUT2D eigenvalue weighted by Gasteiger charge is -2.33. The minimum Gasteiger partial charge on any atom is -0.480 e. The number of guanidine groups is 1. The number of benzene rings is 1. The fourth-order valence-electron chi connectivity index (χ4n) is 4.44. The van der Waals surface area contributed by atoms with Crippen LogP contribution in [0.1, 0.15) is 51.9 Å². The summed E-state index contributed by atoms with van der Waals surface area (Å²) < 4.78 is 0. The highest BCUT2D eigenvalue weighted by Crippen LogP contribution is 2.25. The third-order valence-corrected chi connectivity index (χ3v) is 6.64. The second kappa shape index (κ2) is 14.9. The van der Waals surface area contributed by atoms with E-state index in [-0.39, 0.29) is 18.4 Å². The molecule has 11 nitrogen and oxygen atoms in total. The number of amides is 3. The molecule has 0 bridgehead atoms. The Kier molecular flexibility index (Phi) is 11.3. The van der Waals surface area contributed by atoms with E-state index in [1.165, 1.54) is 0 Å². The van der Waals surface area contributed by atoms with Crippen molar-refractivity contribution < 1.29 is 19.5 Å². The lowest BCUT2D eigenvalue weighted by Crippen LogP contribution is -2.52. The number of piperidine rings is 1. The highest BCUT2D eigenvalue weighted by atomic mass is 16.4. The van der Waals surface area contributed by atoms with Crippen molar-refractivity contribution in [1.29, 1.82) is 0 Å². The van der Waals surface area contributed by atoms with Crippen molar-refractivity contribution in [1.82, 2.24) is 21.3 Å². The summed E-state index contributed by atoms with van der Waals surface area (Å²) in [5, 5.41) is 23.9. The molecule has 1 aromatic carbocycles. The number of hydrogen-bond acceptors (Lipinski definition) is 7. The number of carbonyl (C=O) groups excluding carboxylic acids is 2. The molecule has 1 saturated heterocycles. The van der Waals surface area contributed by atoms with Crippen molar-refractivity contribution in [3.8, 4) is 0 Å². The second-order valence-electron chi connectivity index (χ2n) is 9.54. The minimum absolute atomic E-state index is 0.150. The summed E-state index contributed by atoms with van der Waals surface area (Å²) in [6.45, 7) is 5.63. The third kappa shape index (κ3) is 9.47. The normalized spacial score (nSPS) is 16.7. The van der Waals surface area contributed by atoms with Gasteiger partial charge < -0.3 is 36.6 Å². The summed E-state index contributed by atoms with van der Waals surface area (Å²) in [6, 6.07) is 6.42. The molecule has 3 rings (SSSR count). The predicted molar refractivity (Wildman–Crippen MR) is 145 cm³/mol. The number of hydrogen-bond donors (Lipinski definition) is 6. The van der Waals surface area contributed by atoms with Gasteiger partial charge in [0, 0.05) is 56.6 Å². The molecule has 0 aromatic heterocycles. The number of unbranched alkanes of at least 4 members (excludes halogenated alkanes) is 3. The molecule has 6 N–H and O–H groups in total. The molecular formula is C26H41N7O4. The first-order valence-corrected chi connectivity index (χ1v) is 13.4. The molecule has 0 spiro atoms. The molecule has 2 aliphatic rings. The fraction of sp³-hybridized carbons (Fsp3) is 0.615. The maximum Gasteiger partial charge on any atom is 0.328 e. The van der Waals surface area contributed by atoms with Crippen LogP contribution in [-0.4, -0.2) is 74.3 Å². The van der Waals surface area contributed by atoms with Crippen molar-refractivity contribution in [3.63, 3.8) is 0 Å². The first-order valence-electron chi connectivity index (χ1n) is 13.4. The zero-order valence-electron chi connectivity index (χ0n) is 21.7. The topological polar surface area (TPSA) is 147 Å². The van der Waals surface area contributed by atoms with Crippen LogP contribution in [-0.2, 0) is 9.59 Å². The van der Waals surface area contributed by atoms with Gasteiger partial charge in [0.15, 0.2) is 5.96 Å². The monoisotopic (exact) mass is 515 g/mol. The van der Waals surface area contributed by atoms with E-state index >= 15 is 0 Å². The number of rotatable bonds is 12. The highest BCUT2D eigenvalue weighted by Gasteiger charge is 2.27. The largest absolute Gasteiger partial charge is 0.480 e. The zero-order valence-corrected chi connectivity index (χ0v) is 21.7. The van der Waals surface area contributed by atoms with E-state index in [2.05, 4.69) is 55.5 Å². The van der Waals surface area contributed by atoms with E-state index in [1.54, 1.807) is 0 Å². The number of carbonyl (C=O) groups is 3. The number of nitrogens with one attached hydrogen (secondary N) is 5. The SMILES string of the molecule is CCCCCCNC(=O)NC(CNC(=O)C1CCN(c2cccc(NC3=NCCCN3)c2)CC1)C(=O)O. The molecule has 204 valence electrons. The Bertz CT molecular complexity index is 931. The van der Waals surface area contributed by atoms with E-state index in [4.69, 9.17) is 0 Å². The Balaban J connectivity index is 1.41. The van der Waals surface area contributed by atoms with Gasteiger partial charge in [0.05, 0.1) is 0 Å². The summed E-state index contributed by atoms with van der Waals surface area (Å²) >= 11 is 0. The number of carboxylic acids is 1. The molecule has 2 aliphatic heterocycles. The highest BCUT2D eigenvalue weighted by molar-refractivity contribution is 5.94. The van der Waals surface area contributed by atoms with E-state index in [1.807, 2.05) is 12.1 Å². The van der Waals surface area contributed by atoms with E-state index in [0.29, 0.717) is 19.4 Å². The molecule has 2 heterocycles. The van der Waals surface area contributed by atoms with Gasteiger partial charge in [-0.25, -0.2) is 9.59 Å². The molecule has 11 heteroatoms. The summed E-state index contributed by atoms with van der Waals surface area (Å²) in [5.74, 6) is -0.763. The number of nitrogens with zero attached hydrogens (tertiary/aromatic N) is 2. The minimum atomic E-state index is -1.18. The van der Waals surface area contributed by atoms with Crippen LogP contribution >= 0.6 is 0 Å². The molecule has 1 unspecified atom stereocenters. The summed E-state index contributed by atoms with van der Waals surface area (Å²) in [7, 11) is 0. The molecule has 37 heavy (non-hydrogen) atoms. The van der Waals surface area contributed by atoms with Gasteiger partial charge in [0.2, 0.25) is 5.91 Å². The number of anilines is 2. The van der Waals surface area contributed by atoms with Crippen LogP contribution in [0, 0.1) is 5.92 Å². The van der Waals surface area contributed by atoms with E-state index < -0.39 is 18.0 Å². The molecule has 1 fully saturated rings. The first-order chi connectivity index (χ1) is 18.0. The summed E-state index contributed by atoms with van der Waals surface area (Å²) in [5.41, 5.74) is 2.04. The average molecular weight is 516 g/mol. The van der Waals surface area contributed by atoms with Crippen LogP contribution in [0.15, 0.2) is 29.3 Å². The van der Waals surface area contributed by atoms with Crippen molar-refractivity contribution in [2.75, 3.05) is 49.5 Å². The Morgan fingerprint density at radius 1 is 1.16 bits per heavy atom. The van der Waals surface area contributed by atoms with Gasteiger partial charge in [0.1, 0.15) is 6.04 Å². The van der Waals surface area contributed by atoms with Crippen LogP contribution in [0.25, 0.3) is 0 Å². The zero-order chi connectivity index (χ0) is 26.5. The van der Waals surface area contributed by atoms with Crippen LogP contribution in [0.3, 0.4) is 0 Å². The number of carboxylic acid groups (broad SMARTS) is 1. The molecule has 1 atom stereocenters. The standard InChI is InChI=1S/C26H41N7O4/c1-2-3-4-5-12-29-26(37)32-22(24(35)36)18-30-23(34)19-10-15-33(16-11-19)21-9-6-8-20(17-21)31-25-27-13-7-14-28-25/h6,8-9,17,19,22H,2-5,7,10-16,18H2,1H3,(H,30,34)(H,35,36)(H2,27,28,31)(H2,29,32,37). The maximum absolute atomic E-state index is 12.7. The Morgan fingerprint density at radius 3 is 2.68 bits per heavy atom. The predicted octanol–water partition coefficient (Wildman–Crippen LogP) is 2.11. The van der Waals surface area contributed by atoms with Crippen molar-refractivity contribution in [3.05, 3.63) is 24.3 Å². The number of urea groups is 1. The third-order valence-electron chi connectivity index (χ3n) is 6.64. The number of aliphatic carboxylic acids is 1. The van der Waals surface area contributed by atoms with Crippen molar-refractivity contribution >= 4 is 35.2 Å². The van der Waals surface area contributed by atoms with Crippen LogP contribution in [0.5, 0.6) is 0 Å². The Labute approximate surface area is 218 Å². The van der Waals surface area contributed by atoms with Crippen LogP contribution < -0.4 is 31.5 Å². The Hall–Kier alpha value is -3.50. The maximum atomic E-state index is 12.7. The molecular weight excluding hydrogens is 474 g/mol. The van der Waals surface area contributed by atoms with Crippen molar-refractivity contribution in [2.45, 2.75) is 57.9 Å². The van der Waals surface area contributed by atoms with Crippen LogP contribution in [0.4, 0.5) is 16.2 Å². The average Bonchev–Trinajstić information content (AvgIpc) is 2.91. The second-order valence-corrected chi connectivity index (χ2v) is 9.54.